The second-order valence-electron chi connectivity index (χ2n) is 7.05. The van der Waals surface area contributed by atoms with Gasteiger partial charge in [0.25, 0.3) is 5.91 Å². The van der Waals surface area contributed by atoms with Gasteiger partial charge in [0.15, 0.2) is 0 Å². The van der Waals surface area contributed by atoms with Crippen LogP contribution in [0.2, 0.25) is 0 Å². The van der Waals surface area contributed by atoms with E-state index >= 15 is 0 Å². The van der Waals surface area contributed by atoms with E-state index in [4.69, 9.17) is 9.15 Å². The smallest absolute Gasteiger partial charge is 0.269 e. The van der Waals surface area contributed by atoms with Crippen LogP contribution in [0.1, 0.15) is 42.3 Å². The quantitative estimate of drug-likeness (QED) is 0.449. The molecule has 0 aliphatic carbocycles. The monoisotopic (exact) mass is 477 g/mol. The molecule has 0 saturated carbocycles. The lowest BCUT2D eigenvalue weighted by atomic mass is 10.1. The number of likely N-dealkylation sites (tertiary alicyclic amines) is 1. The molecule has 1 atom stereocenters. The van der Waals surface area contributed by atoms with E-state index in [-0.39, 0.29) is 18.9 Å². The third kappa shape index (κ3) is 5.63. The predicted octanol–water partition coefficient (Wildman–Crippen LogP) is 3.03. The van der Waals surface area contributed by atoms with E-state index in [9.17, 15) is 14.4 Å². The first kappa shape index (κ1) is 21.9. The average molecular weight is 478 g/mol. The fourth-order valence-electron chi connectivity index (χ4n) is 3.07. The Morgan fingerprint density at radius 3 is 2.83 bits per heavy atom. The zero-order chi connectivity index (χ0) is 21.5. The molecule has 30 heavy (non-hydrogen) atoms. The third-order valence-electron chi connectivity index (χ3n) is 4.76. The Kier molecular flexibility index (Phi) is 7.51. The highest BCUT2D eigenvalue weighted by atomic mass is 79.9. The Balaban J connectivity index is 1.49. The Morgan fingerprint density at radius 2 is 2.13 bits per heavy atom. The van der Waals surface area contributed by atoms with Crippen LogP contribution in [0.25, 0.3) is 0 Å². The molecular formula is C21H24BrN3O5. The predicted molar refractivity (Wildman–Crippen MR) is 112 cm³/mol. The van der Waals surface area contributed by atoms with Crippen molar-refractivity contribution in [1.82, 2.24) is 15.8 Å². The number of hydrogen-bond donors (Lipinski definition) is 2. The van der Waals surface area contributed by atoms with Crippen LogP contribution in [-0.4, -0.2) is 35.8 Å². The SMILES string of the molecule is CCCCOc1ccc(C(=O)NNC(=O)C2CC(=O)N(Cc3ccco3)C2)cc1Br. The van der Waals surface area contributed by atoms with Crippen molar-refractivity contribution in [3.8, 4) is 5.75 Å². The largest absolute Gasteiger partial charge is 0.492 e. The number of nitrogens with zero attached hydrogens (tertiary/aromatic N) is 1. The van der Waals surface area contributed by atoms with E-state index < -0.39 is 17.7 Å². The van der Waals surface area contributed by atoms with Gasteiger partial charge in [-0.25, -0.2) is 0 Å². The number of rotatable bonds is 8. The summed E-state index contributed by atoms with van der Waals surface area (Å²) >= 11 is 3.40. The van der Waals surface area contributed by atoms with Crippen LogP contribution in [0, 0.1) is 5.92 Å². The molecule has 1 aliphatic heterocycles. The van der Waals surface area contributed by atoms with Crippen molar-refractivity contribution in [2.45, 2.75) is 32.7 Å². The van der Waals surface area contributed by atoms with E-state index in [0.717, 1.165) is 12.8 Å². The van der Waals surface area contributed by atoms with E-state index in [1.807, 2.05) is 0 Å². The molecule has 1 aromatic carbocycles. The number of hydrogen-bond acceptors (Lipinski definition) is 5. The molecule has 2 N–H and O–H groups in total. The lowest BCUT2D eigenvalue weighted by molar-refractivity contribution is -0.129. The molecule has 1 unspecified atom stereocenters. The molecule has 1 aromatic heterocycles. The Hall–Kier alpha value is -2.81. The lowest BCUT2D eigenvalue weighted by Gasteiger charge is -2.15. The zero-order valence-electron chi connectivity index (χ0n) is 16.7. The van der Waals surface area contributed by atoms with Gasteiger partial charge in [-0.15, -0.1) is 0 Å². The minimum atomic E-state index is -0.533. The van der Waals surface area contributed by atoms with Crippen molar-refractivity contribution in [2.24, 2.45) is 5.92 Å². The number of hydrazine groups is 1. The minimum Gasteiger partial charge on any atom is -0.492 e. The van der Waals surface area contributed by atoms with E-state index in [1.165, 1.54) is 6.26 Å². The molecule has 9 heteroatoms. The topological polar surface area (TPSA) is 101 Å². The van der Waals surface area contributed by atoms with Gasteiger partial charge in [0.05, 0.1) is 29.8 Å². The first-order valence-corrected chi connectivity index (χ1v) is 10.6. The summed E-state index contributed by atoms with van der Waals surface area (Å²) in [6.45, 7) is 3.28. The van der Waals surface area contributed by atoms with Crippen molar-refractivity contribution < 1.29 is 23.5 Å². The summed E-state index contributed by atoms with van der Waals surface area (Å²) in [5.41, 5.74) is 5.18. The van der Waals surface area contributed by atoms with E-state index in [1.54, 1.807) is 35.2 Å². The van der Waals surface area contributed by atoms with Crippen LogP contribution >= 0.6 is 15.9 Å². The van der Waals surface area contributed by atoms with E-state index in [2.05, 4.69) is 33.7 Å². The third-order valence-corrected chi connectivity index (χ3v) is 5.38. The molecule has 160 valence electrons. The molecule has 1 aliphatic rings. The van der Waals surface area contributed by atoms with Crippen molar-refractivity contribution >= 4 is 33.7 Å². The Bertz CT molecular complexity index is 900. The minimum absolute atomic E-state index is 0.0950. The number of unbranched alkanes of at least 4 members (excludes halogenated alkanes) is 1. The molecular weight excluding hydrogens is 454 g/mol. The molecule has 0 spiro atoms. The number of furan rings is 1. The molecule has 1 saturated heterocycles. The van der Waals surface area contributed by atoms with Crippen LogP contribution in [0.15, 0.2) is 45.5 Å². The summed E-state index contributed by atoms with van der Waals surface area (Å²) in [6, 6.07) is 8.49. The summed E-state index contributed by atoms with van der Waals surface area (Å²) < 4.78 is 11.6. The normalized spacial score (nSPS) is 15.9. The maximum absolute atomic E-state index is 12.4. The number of halogens is 1. The summed E-state index contributed by atoms with van der Waals surface area (Å²) in [5.74, 6) is -0.206. The highest BCUT2D eigenvalue weighted by molar-refractivity contribution is 9.10. The molecule has 2 heterocycles. The van der Waals surface area contributed by atoms with Crippen molar-refractivity contribution in [2.75, 3.05) is 13.2 Å². The van der Waals surface area contributed by atoms with Crippen molar-refractivity contribution in [3.63, 3.8) is 0 Å². The molecule has 3 amide bonds. The highest BCUT2D eigenvalue weighted by Gasteiger charge is 2.34. The maximum Gasteiger partial charge on any atom is 0.269 e. The van der Waals surface area contributed by atoms with Gasteiger partial charge in [0, 0.05) is 18.5 Å². The van der Waals surface area contributed by atoms with Gasteiger partial charge in [-0.1, -0.05) is 13.3 Å². The van der Waals surface area contributed by atoms with Gasteiger partial charge in [-0.05, 0) is 52.7 Å². The number of amides is 3. The van der Waals surface area contributed by atoms with Gasteiger partial charge >= 0.3 is 0 Å². The number of carbonyl (C=O) groups is 3. The molecule has 0 radical (unpaired) electrons. The lowest BCUT2D eigenvalue weighted by Crippen LogP contribution is -2.45. The van der Waals surface area contributed by atoms with Gasteiger partial charge in [0.2, 0.25) is 11.8 Å². The zero-order valence-corrected chi connectivity index (χ0v) is 18.2. The van der Waals surface area contributed by atoms with Gasteiger partial charge in [0.1, 0.15) is 11.5 Å². The Morgan fingerprint density at radius 1 is 1.30 bits per heavy atom. The standard InChI is InChI=1S/C21H24BrN3O5/c1-2-3-8-30-18-7-6-14(10-17(18)22)20(27)23-24-21(28)15-11-19(26)25(12-15)13-16-5-4-9-29-16/h4-7,9-10,15H,2-3,8,11-13H2,1H3,(H,23,27)(H,24,28). The van der Waals surface area contributed by atoms with Crippen LogP contribution in [-0.2, 0) is 16.1 Å². The molecule has 3 rings (SSSR count). The Labute approximate surface area is 183 Å². The second kappa shape index (κ2) is 10.3. The number of nitrogens with one attached hydrogen (secondary N) is 2. The highest BCUT2D eigenvalue weighted by Crippen LogP contribution is 2.26. The van der Waals surface area contributed by atoms with E-state index in [0.29, 0.717) is 34.7 Å². The van der Waals surface area contributed by atoms with Gasteiger partial charge in [-0.3, -0.25) is 25.2 Å². The number of ether oxygens (including phenoxy) is 1. The first-order chi connectivity index (χ1) is 14.5. The molecule has 2 aromatic rings. The van der Waals surface area contributed by atoms with Crippen LogP contribution in [0.3, 0.4) is 0 Å². The van der Waals surface area contributed by atoms with Crippen LogP contribution < -0.4 is 15.6 Å². The molecule has 1 fully saturated rings. The average Bonchev–Trinajstić information content (AvgIpc) is 3.37. The molecule has 8 nitrogen and oxygen atoms in total. The maximum atomic E-state index is 12.4. The van der Waals surface area contributed by atoms with Gasteiger partial charge in [-0.2, -0.15) is 0 Å². The van der Waals surface area contributed by atoms with Gasteiger partial charge < -0.3 is 14.1 Å². The van der Waals surface area contributed by atoms with Crippen LogP contribution in [0.5, 0.6) is 5.75 Å². The second-order valence-corrected chi connectivity index (χ2v) is 7.90. The number of carbonyl (C=O) groups excluding carboxylic acids is 3. The van der Waals surface area contributed by atoms with Crippen LogP contribution in [0.4, 0.5) is 0 Å². The van der Waals surface area contributed by atoms with Crippen molar-refractivity contribution in [1.29, 1.82) is 0 Å². The summed E-state index contributed by atoms with van der Waals surface area (Å²) in [6.07, 6.45) is 3.61. The fourth-order valence-corrected chi connectivity index (χ4v) is 3.56. The summed E-state index contributed by atoms with van der Waals surface area (Å²) in [4.78, 5) is 38.4. The van der Waals surface area contributed by atoms with Crippen molar-refractivity contribution in [3.05, 3.63) is 52.4 Å². The first-order valence-electron chi connectivity index (χ1n) is 9.80. The summed E-state index contributed by atoms with van der Waals surface area (Å²) in [5, 5.41) is 0. The summed E-state index contributed by atoms with van der Waals surface area (Å²) in [7, 11) is 0. The number of benzene rings is 1. The fraction of sp³-hybridized carbons (Fsp3) is 0.381. The molecule has 0 bridgehead atoms.